The third-order valence-electron chi connectivity index (χ3n) is 6.18. The van der Waals surface area contributed by atoms with Crippen molar-refractivity contribution in [2.75, 3.05) is 6.61 Å². The molecule has 0 radical (unpaired) electrons. The zero-order valence-electron chi connectivity index (χ0n) is 23.8. The molecular weight excluding hydrogens is 582 g/mol. The Hall–Kier alpha value is -4.44. The van der Waals surface area contributed by atoms with E-state index in [0.717, 1.165) is 0 Å². The fourth-order valence-corrected chi connectivity index (χ4v) is 3.61. The molecule has 7 atom stereocenters. The topological polar surface area (TPSA) is 225 Å². The van der Waals surface area contributed by atoms with Crippen molar-refractivity contribution in [2.45, 2.75) is 56.7 Å². The minimum atomic E-state index is -2.07. The molecule has 3 unspecified atom stereocenters. The van der Waals surface area contributed by atoms with Crippen LogP contribution < -0.4 is 24.3 Å². The van der Waals surface area contributed by atoms with Gasteiger partial charge in [0.25, 0.3) is 5.91 Å². The Kier molecular flexibility index (Phi) is 12.3. The van der Waals surface area contributed by atoms with Gasteiger partial charge in [-0.2, -0.15) is 0 Å². The SMILES string of the molecule is CC(Oc1ccc(Oc2ccc(Oc3ccc(OC(C)C(=O)NC(O)[C@H](O)[C@@H](O)[C@H](O)[C@H](O)CO)cc3)cc2)cc1)C(=O)O. The number of aliphatic carboxylic acids is 1. The molecule has 0 heterocycles. The van der Waals surface area contributed by atoms with Crippen LogP contribution in [0, 0.1) is 0 Å². The van der Waals surface area contributed by atoms with Crippen LogP contribution in [0.5, 0.6) is 34.5 Å². The zero-order chi connectivity index (χ0) is 32.4. The average Bonchev–Trinajstić information content (AvgIpc) is 3.02. The number of carbonyl (C=O) groups is 2. The molecule has 0 aromatic heterocycles. The molecule has 8 N–H and O–H groups in total. The summed E-state index contributed by atoms with van der Waals surface area (Å²) < 4.78 is 22.4. The highest BCUT2D eigenvalue weighted by Crippen LogP contribution is 2.29. The standard InChI is InChI=1S/C30H35NO13/c1-16(28(37)31-29(38)27(36)26(35)25(34)24(33)15-32)41-18-3-7-20(8-4-18)43-22-11-13-23(14-12-22)44-21-9-5-19(6-10-21)42-17(2)30(39)40/h3-14,16-17,24-27,29,32-36,38H,15H2,1-2H3,(H,31,37)(H,39,40)/t16?,17?,24-,25-,26+,27-,29?/m1/s1. The molecule has 1 amide bonds. The molecule has 14 nitrogen and oxygen atoms in total. The summed E-state index contributed by atoms with van der Waals surface area (Å²) in [6.45, 7) is 1.92. The first-order valence-electron chi connectivity index (χ1n) is 13.4. The first-order valence-corrected chi connectivity index (χ1v) is 13.4. The van der Waals surface area contributed by atoms with Crippen LogP contribution >= 0.6 is 0 Å². The van der Waals surface area contributed by atoms with Crippen LogP contribution in [-0.4, -0.2) is 97.1 Å². The Morgan fingerprint density at radius 2 is 0.977 bits per heavy atom. The molecule has 0 spiro atoms. The van der Waals surface area contributed by atoms with E-state index < -0.39 is 61.3 Å². The summed E-state index contributed by atoms with van der Waals surface area (Å²) in [5.74, 6) is 0.800. The Morgan fingerprint density at radius 1 is 0.614 bits per heavy atom. The number of nitrogens with one attached hydrogen (secondary N) is 1. The van der Waals surface area contributed by atoms with Gasteiger partial charge in [0.15, 0.2) is 18.4 Å². The summed E-state index contributed by atoms with van der Waals surface area (Å²) in [6.07, 6.45) is -12.0. The van der Waals surface area contributed by atoms with Crippen LogP contribution in [0.1, 0.15) is 13.8 Å². The van der Waals surface area contributed by atoms with Crippen molar-refractivity contribution in [3.63, 3.8) is 0 Å². The van der Waals surface area contributed by atoms with E-state index in [0.29, 0.717) is 28.7 Å². The van der Waals surface area contributed by atoms with Crippen molar-refractivity contribution in [3.8, 4) is 34.5 Å². The second-order valence-electron chi connectivity index (χ2n) is 9.65. The molecule has 0 saturated carbocycles. The summed E-state index contributed by atoms with van der Waals surface area (Å²) in [5, 5.41) is 68.6. The predicted octanol–water partition coefficient (Wildman–Crippen LogP) is 0.761. The Balaban J connectivity index is 1.48. The molecule has 0 aliphatic rings. The molecule has 0 fully saturated rings. The van der Waals surface area contributed by atoms with E-state index in [-0.39, 0.29) is 5.75 Å². The van der Waals surface area contributed by atoms with Gasteiger partial charge in [0.2, 0.25) is 0 Å². The third kappa shape index (κ3) is 9.80. The maximum absolute atomic E-state index is 12.4. The van der Waals surface area contributed by atoms with Crippen LogP contribution in [0.25, 0.3) is 0 Å². The second-order valence-corrected chi connectivity index (χ2v) is 9.65. The molecule has 0 aliphatic heterocycles. The number of rotatable bonds is 16. The van der Waals surface area contributed by atoms with Gasteiger partial charge in [0, 0.05) is 0 Å². The number of benzene rings is 3. The van der Waals surface area contributed by atoms with Crippen molar-refractivity contribution in [1.82, 2.24) is 5.32 Å². The van der Waals surface area contributed by atoms with E-state index >= 15 is 0 Å². The summed E-state index contributed by atoms with van der Waals surface area (Å²) in [6, 6.07) is 19.6. The van der Waals surface area contributed by atoms with Crippen LogP contribution in [0.4, 0.5) is 0 Å². The average molecular weight is 618 g/mol. The number of carboxylic acid groups (broad SMARTS) is 1. The van der Waals surface area contributed by atoms with Gasteiger partial charge in [-0.3, -0.25) is 4.79 Å². The first kappa shape index (κ1) is 34.1. The smallest absolute Gasteiger partial charge is 0.344 e. The van der Waals surface area contributed by atoms with E-state index in [2.05, 4.69) is 0 Å². The molecule has 3 aromatic carbocycles. The first-order chi connectivity index (χ1) is 20.9. The number of aliphatic hydroxyl groups is 6. The maximum atomic E-state index is 12.4. The summed E-state index contributed by atoms with van der Waals surface area (Å²) in [7, 11) is 0. The third-order valence-corrected chi connectivity index (χ3v) is 6.18. The van der Waals surface area contributed by atoms with Crippen molar-refractivity contribution in [2.24, 2.45) is 0 Å². The highest BCUT2D eigenvalue weighted by molar-refractivity contribution is 5.80. The van der Waals surface area contributed by atoms with Crippen LogP contribution in [-0.2, 0) is 9.59 Å². The van der Waals surface area contributed by atoms with Gasteiger partial charge >= 0.3 is 5.97 Å². The van der Waals surface area contributed by atoms with E-state index in [1.165, 1.54) is 13.8 Å². The fraction of sp³-hybridized carbons (Fsp3) is 0.333. The second kappa shape index (κ2) is 15.9. The van der Waals surface area contributed by atoms with Gasteiger partial charge in [-0.25, -0.2) is 4.79 Å². The fourth-order valence-electron chi connectivity index (χ4n) is 3.61. The molecular formula is C30H35NO13. The van der Waals surface area contributed by atoms with Crippen molar-refractivity contribution in [3.05, 3.63) is 72.8 Å². The number of carboxylic acids is 1. The van der Waals surface area contributed by atoms with Gasteiger partial charge in [-0.05, 0) is 86.6 Å². The highest BCUT2D eigenvalue weighted by Gasteiger charge is 2.35. The predicted molar refractivity (Wildman–Crippen MR) is 153 cm³/mol. The van der Waals surface area contributed by atoms with E-state index in [1.807, 2.05) is 5.32 Å². The number of amides is 1. The van der Waals surface area contributed by atoms with E-state index in [4.69, 9.17) is 29.2 Å². The zero-order valence-corrected chi connectivity index (χ0v) is 23.8. The molecule has 3 aromatic rings. The molecule has 0 aliphatic carbocycles. The lowest BCUT2D eigenvalue weighted by molar-refractivity contribution is -0.153. The summed E-state index contributed by atoms with van der Waals surface area (Å²) >= 11 is 0. The van der Waals surface area contributed by atoms with E-state index in [9.17, 15) is 35.1 Å². The van der Waals surface area contributed by atoms with Gasteiger partial charge < -0.3 is 60.0 Å². The Bertz CT molecular complexity index is 1330. The van der Waals surface area contributed by atoms with Gasteiger partial charge in [-0.15, -0.1) is 0 Å². The number of hydrogen-bond acceptors (Lipinski definition) is 12. The molecule has 14 heteroatoms. The molecule has 0 bridgehead atoms. The van der Waals surface area contributed by atoms with Crippen molar-refractivity contribution < 1.29 is 64.3 Å². The lowest BCUT2D eigenvalue weighted by Gasteiger charge is -2.29. The minimum absolute atomic E-state index is 0.286. The highest BCUT2D eigenvalue weighted by atomic mass is 16.5. The monoisotopic (exact) mass is 617 g/mol. The normalized spacial score (nSPS) is 15.9. The molecule has 44 heavy (non-hydrogen) atoms. The largest absolute Gasteiger partial charge is 0.481 e. The summed E-state index contributed by atoms with van der Waals surface area (Å²) in [5.41, 5.74) is 0. The Labute approximate surface area is 252 Å². The molecule has 0 saturated heterocycles. The lowest BCUT2D eigenvalue weighted by Crippen LogP contribution is -2.56. The number of ether oxygens (including phenoxy) is 4. The number of hydrogen-bond donors (Lipinski definition) is 8. The van der Waals surface area contributed by atoms with Gasteiger partial charge in [-0.1, -0.05) is 0 Å². The van der Waals surface area contributed by atoms with Crippen LogP contribution in [0.3, 0.4) is 0 Å². The number of aliphatic hydroxyl groups excluding tert-OH is 6. The van der Waals surface area contributed by atoms with Gasteiger partial charge in [0.1, 0.15) is 58.9 Å². The van der Waals surface area contributed by atoms with Crippen LogP contribution in [0.2, 0.25) is 0 Å². The lowest BCUT2D eigenvalue weighted by atomic mass is 10.0. The number of carbonyl (C=O) groups excluding carboxylic acids is 1. The van der Waals surface area contributed by atoms with E-state index in [1.54, 1.807) is 72.8 Å². The Morgan fingerprint density at radius 3 is 1.34 bits per heavy atom. The van der Waals surface area contributed by atoms with Crippen LogP contribution in [0.15, 0.2) is 72.8 Å². The van der Waals surface area contributed by atoms with Crippen molar-refractivity contribution >= 4 is 11.9 Å². The molecule has 3 rings (SSSR count). The molecule has 238 valence electrons. The maximum Gasteiger partial charge on any atom is 0.344 e. The quantitative estimate of drug-likeness (QED) is 0.104. The summed E-state index contributed by atoms with van der Waals surface area (Å²) in [4.78, 5) is 23.3. The van der Waals surface area contributed by atoms with Crippen molar-refractivity contribution in [1.29, 1.82) is 0 Å². The minimum Gasteiger partial charge on any atom is -0.481 e. The van der Waals surface area contributed by atoms with Gasteiger partial charge in [0.05, 0.1) is 6.61 Å².